The van der Waals surface area contributed by atoms with Crippen molar-refractivity contribution in [3.63, 3.8) is 0 Å². The minimum atomic E-state index is -1.04. The summed E-state index contributed by atoms with van der Waals surface area (Å²) in [6, 6.07) is 4.06. The highest BCUT2D eigenvalue weighted by Crippen LogP contribution is 2.37. The normalized spacial score (nSPS) is 22.5. The van der Waals surface area contributed by atoms with E-state index in [1.165, 1.54) is 18.2 Å². The van der Waals surface area contributed by atoms with Crippen LogP contribution < -0.4 is 10.7 Å². The first-order valence-electron chi connectivity index (χ1n) is 7.91. The number of ketones is 2. The van der Waals surface area contributed by atoms with Crippen molar-refractivity contribution in [2.75, 3.05) is 5.01 Å². The van der Waals surface area contributed by atoms with E-state index in [-0.39, 0.29) is 40.5 Å². The van der Waals surface area contributed by atoms with Gasteiger partial charge in [0.05, 0.1) is 10.6 Å². The summed E-state index contributed by atoms with van der Waals surface area (Å²) in [5, 5.41) is 15.4. The number of urea groups is 1. The highest BCUT2D eigenvalue weighted by Gasteiger charge is 2.48. The zero-order chi connectivity index (χ0) is 18.1. The molecule has 0 heterocycles. The van der Waals surface area contributed by atoms with Gasteiger partial charge in [-0.1, -0.05) is 18.9 Å². The summed E-state index contributed by atoms with van der Waals surface area (Å²) >= 11 is 0. The van der Waals surface area contributed by atoms with Gasteiger partial charge in [0.15, 0.2) is 17.3 Å². The Labute approximate surface area is 142 Å². The molecule has 0 radical (unpaired) electrons. The first kappa shape index (κ1) is 16.7. The van der Waals surface area contributed by atoms with Crippen LogP contribution in [0.25, 0.3) is 0 Å². The van der Waals surface area contributed by atoms with Crippen LogP contribution in [0.3, 0.4) is 0 Å². The summed E-state index contributed by atoms with van der Waals surface area (Å²) < 4.78 is 0. The molecule has 2 atom stereocenters. The Morgan fingerprint density at radius 3 is 2.32 bits per heavy atom. The number of Topliss-reactive ketones (excluding diaryl/α,β-unsaturated/α-hetero) is 2. The topological polar surface area (TPSA) is 136 Å². The van der Waals surface area contributed by atoms with Gasteiger partial charge in [0.2, 0.25) is 0 Å². The van der Waals surface area contributed by atoms with E-state index in [2.05, 4.69) is 5.10 Å². The molecule has 9 heteroatoms. The lowest BCUT2D eigenvalue weighted by Crippen LogP contribution is -2.34. The molecule has 0 spiro atoms. The number of nitro benzene ring substituents is 1. The van der Waals surface area contributed by atoms with Gasteiger partial charge in [-0.3, -0.25) is 19.7 Å². The molecule has 2 N–H and O–H groups in total. The summed E-state index contributed by atoms with van der Waals surface area (Å²) in [7, 11) is 0. The maximum Gasteiger partial charge on any atom is 0.340 e. The molecule has 0 bridgehead atoms. The van der Waals surface area contributed by atoms with Gasteiger partial charge in [0.1, 0.15) is 0 Å². The summed E-state index contributed by atoms with van der Waals surface area (Å²) in [5.41, 5.74) is 4.75. The predicted octanol–water partition coefficient (Wildman–Crippen LogP) is 1.79. The van der Waals surface area contributed by atoms with Gasteiger partial charge in [0, 0.05) is 24.0 Å². The van der Waals surface area contributed by atoms with Crippen LogP contribution in [0.5, 0.6) is 0 Å². The van der Waals surface area contributed by atoms with E-state index in [0.29, 0.717) is 17.9 Å². The van der Waals surface area contributed by atoms with Crippen molar-refractivity contribution in [3.05, 3.63) is 34.4 Å². The lowest BCUT2D eigenvalue weighted by Gasteiger charge is -2.20. The Morgan fingerprint density at radius 1 is 1.20 bits per heavy atom. The Balaban J connectivity index is 1.99. The molecule has 2 saturated carbocycles. The molecule has 2 aliphatic rings. The average Bonchev–Trinajstić information content (AvgIpc) is 2.84. The van der Waals surface area contributed by atoms with Crippen molar-refractivity contribution < 1.29 is 19.3 Å². The summed E-state index contributed by atoms with van der Waals surface area (Å²) in [6.07, 6.45) is 3.00. The fourth-order valence-electron chi connectivity index (χ4n) is 3.40. The number of fused-ring (bicyclic) bond motifs is 1. The molecule has 0 aliphatic heterocycles. The molecular formula is C16H16N4O5. The lowest BCUT2D eigenvalue weighted by molar-refractivity contribution is -0.384. The number of nitrogens with two attached hydrogens (primary N) is 1. The number of benzene rings is 1. The summed E-state index contributed by atoms with van der Waals surface area (Å²) in [6.45, 7) is 0. The van der Waals surface area contributed by atoms with Gasteiger partial charge >= 0.3 is 6.03 Å². The molecule has 2 amide bonds. The SMILES string of the molecule is NC(=O)N(N=C1C(=O)C2CCCCC2C1=O)c1cccc([N+](=O)[O-])c1. The molecule has 2 aliphatic carbocycles. The third-order valence-corrected chi connectivity index (χ3v) is 4.60. The minimum absolute atomic E-state index is 0.0182. The van der Waals surface area contributed by atoms with Crippen LogP contribution in [0.2, 0.25) is 0 Å². The number of carbonyl (C=O) groups excluding carboxylic acids is 3. The minimum Gasteiger partial charge on any atom is -0.350 e. The molecule has 2 unspecified atom stereocenters. The fourth-order valence-corrected chi connectivity index (χ4v) is 3.40. The second kappa shape index (κ2) is 6.42. The molecular weight excluding hydrogens is 328 g/mol. The van der Waals surface area contributed by atoms with Gasteiger partial charge in [-0.15, -0.1) is 0 Å². The number of hydrogen-bond donors (Lipinski definition) is 1. The van der Waals surface area contributed by atoms with Crippen molar-refractivity contribution in [2.45, 2.75) is 25.7 Å². The van der Waals surface area contributed by atoms with Crippen molar-refractivity contribution in [1.82, 2.24) is 0 Å². The molecule has 0 aromatic heterocycles. The van der Waals surface area contributed by atoms with Crippen LogP contribution in [0.15, 0.2) is 29.4 Å². The van der Waals surface area contributed by atoms with Gasteiger partial charge < -0.3 is 5.73 Å². The number of carbonyl (C=O) groups is 3. The van der Waals surface area contributed by atoms with Crippen LogP contribution >= 0.6 is 0 Å². The Morgan fingerprint density at radius 2 is 1.80 bits per heavy atom. The van der Waals surface area contributed by atoms with E-state index in [4.69, 9.17) is 5.73 Å². The molecule has 0 saturated heterocycles. The Hall–Kier alpha value is -3.10. The summed E-state index contributed by atoms with van der Waals surface area (Å²) in [5.74, 6) is -1.54. The van der Waals surface area contributed by atoms with Gasteiger partial charge in [-0.25, -0.2) is 4.79 Å². The second-order valence-electron chi connectivity index (χ2n) is 6.10. The van der Waals surface area contributed by atoms with Crippen molar-refractivity contribution >= 4 is 34.7 Å². The van der Waals surface area contributed by atoms with Gasteiger partial charge in [0.25, 0.3) is 5.69 Å². The zero-order valence-electron chi connectivity index (χ0n) is 13.3. The zero-order valence-corrected chi connectivity index (χ0v) is 13.3. The average molecular weight is 344 g/mol. The number of nitrogens with zero attached hydrogens (tertiary/aromatic N) is 3. The van der Waals surface area contributed by atoms with Crippen LogP contribution in [0, 0.1) is 22.0 Å². The number of amides is 2. The van der Waals surface area contributed by atoms with Crippen LogP contribution in [0.1, 0.15) is 25.7 Å². The smallest absolute Gasteiger partial charge is 0.340 e. The molecule has 25 heavy (non-hydrogen) atoms. The first-order valence-corrected chi connectivity index (χ1v) is 7.91. The van der Waals surface area contributed by atoms with Crippen LogP contribution in [-0.4, -0.2) is 28.2 Å². The molecule has 1 aromatic rings. The molecule has 130 valence electrons. The Bertz CT molecular complexity index is 777. The molecule has 3 rings (SSSR count). The number of non-ortho nitro benzene ring substituents is 1. The maximum atomic E-state index is 12.5. The quantitative estimate of drug-likeness (QED) is 0.658. The number of primary amides is 1. The van der Waals surface area contributed by atoms with E-state index in [9.17, 15) is 24.5 Å². The van der Waals surface area contributed by atoms with E-state index < -0.39 is 11.0 Å². The largest absolute Gasteiger partial charge is 0.350 e. The van der Waals surface area contributed by atoms with Crippen molar-refractivity contribution in [3.8, 4) is 0 Å². The predicted molar refractivity (Wildman–Crippen MR) is 88.1 cm³/mol. The Kier molecular flexibility index (Phi) is 4.30. The van der Waals surface area contributed by atoms with E-state index in [1.54, 1.807) is 0 Å². The van der Waals surface area contributed by atoms with Crippen molar-refractivity contribution in [1.29, 1.82) is 0 Å². The van der Waals surface area contributed by atoms with Gasteiger partial charge in [-0.2, -0.15) is 10.1 Å². The first-order chi connectivity index (χ1) is 11.9. The number of anilines is 1. The van der Waals surface area contributed by atoms with E-state index in [1.807, 2.05) is 0 Å². The van der Waals surface area contributed by atoms with E-state index >= 15 is 0 Å². The third kappa shape index (κ3) is 3.00. The van der Waals surface area contributed by atoms with Crippen LogP contribution in [0.4, 0.5) is 16.2 Å². The number of rotatable bonds is 3. The fraction of sp³-hybridized carbons (Fsp3) is 0.375. The highest BCUT2D eigenvalue weighted by molar-refractivity contribution is 6.70. The van der Waals surface area contributed by atoms with E-state index in [0.717, 1.165) is 18.9 Å². The standard InChI is InChI=1S/C16H16N4O5/c17-16(23)19(9-4-3-5-10(8-9)20(24)25)18-13-14(21)11-6-1-2-7-12(11)15(13)22/h3-5,8,11-12H,1-2,6-7H2,(H2,17,23). The summed E-state index contributed by atoms with van der Waals surface area (Å²) in [4.78, 5) is 47.0. The molecule has 2 fully saturated rings. The molecule has 1 aromatic carbocycles. The number of hydrazone groups is 1. The monoisotopic (exact) mass is 344 g/mol. The third-order valence-electron chi connectivity index (χ3n) is 4.60. The number of nitro groups is 1. The second-order valence-corrected chi connectivity index (χ2v) is 6.10. The maximum absolute atomic E-state index is 12.5. The lowest BCUT2D eigenvalue weighted by atomic mass is 9.81. The van der Waals surface area contributed by atoms with Gasteiger partial charge in [-0.05, 0) is 18.9 Å². The van der Waals surface area contributed by atoms with Crippen LogP contribution in [-0.2, 0) is 9.59 Å². The molecule has 9 nitrogen and oxygen atoms in total. The van der Waals surface area contributed by atoms with Crippen molar-refractivity contribution in [2.24, 2.45) is 22.7 Å². The number of hydrogen-bond acceptors (Lipinski definition) is 6. The highest BCUT2D eigenvalue weighted by atomic mass is 16.6.